The molecular formula is C12H21N3. The third kappa shape index (κ3) is 2.59. The Hall–Kier alpha value is -0.830. The molecule has 1 unspecified atom stereocenters. The first-order valence-corrected chi connectivity index (χ1v) is 5.95. The Labute approximate surface area is 92.1 Å². The highest BCUT2D eigenvalue weighted by Crippen LogP contribution is 2.18. The van der Waals surface area contributed by atoms with Gasteiger partial charge in [0.15, 0.2) is 0 Å². The Morgan fingerprint density at radius 3 is 3.00 bits per heavy atom. The van der Waals surface area contributed by atoms with Crippen LogP contribution in [0.2, 0.25) is 0 Å². The van der Waals surface area contributed by atoms with Crippen LogP contribution in [-0.4, -0.2) is 34.1 Å². The summed E-state index contributed by atoms with van der Waals surface area (Å²) in [4.78, 5) is 6.76. The molecule has 1 aliphatic heterocycles. The van der Waals surface area contributed by atoms with Gasteiger partial charge >= 0.3 is 0 Å². The van der Waals surface area contributed by atoms with Gasteiger partial charge in [-0.2, -0.15) is 0 Å². The summed E-state index contributed by atoms with van der Waals surface area (Å²) < 4.78 is 2.25. The lowest BCUT2D eigenvalue weighted by Crippen LogP contribution is -2.36. The second kappa shape index (κ2) is 4.79. The van der Waals surface area contributed by atoms with Crippen LogP contribution in [0.15, 0.2) is 12.4 Å². The quantitative estimate of drug-likeness (QED) is 0.756. The van der Waals surface area contributed by atoms with Gasteiger partial charge in [0.05, 0.1) is 0 Å². The molecule has 0 spiro atoms. The van der Waals surface area contributed by atoms with Crippen LogP contribution in [-0.2, 0) is 6.54 Å². The van der Waals surface area contributed by atoms with E-state index in [1.54, 1.807) is 0 Å². The van der Waals surface area contributed by atoms with E-state index in [9.17, 15) is 0 Å². The van der Waals surface area contributed by atoms with Gasteiger partial charge in [0.2, 0.25) is 0 Å². The van der Waals surface area contributed by atoms with Gasteiger partial charge < -0.3 is 9.47 Å². The molecule has 3 heteroatoms. The summed E-state index contributed by atoms with van der Waals surface area (Å²) in [5, 5.41) is 0. The van der Waals surface area contributed by atoms with Crippen LogP contribution in [0, 0.1) is 6.92 Å². The second-order valence-electron chi connectivity index (χ2n) is 4.59. The number of aromatic nitrogens is 2. The Morgan fingerprint density at radius 2 is 2.33 bits per heavy atom. The van der Waals surface area contributed by atoms with E-state index < -0.39 is 0 Å². The van der Waals surface area contributed by atoms with Gasteiger partial charge in [-0.1, -0.05) is 6.42 Å². The average molecular weight is 207 g/mol. The maximum absolute atomic E-state index is 4.25. The average Bonchev–Trinajstić information content (AvgIpc) is 2.63. The van der Waals surface area contributed by atoms with Crippen LogP contribution >= 0.6 is 0 Å². The first-order chi connectivity index (χ1) is 7.27. The topological polar surface area (TPSA) is 21.1 Å². The van der Waals surface area contributed by atoms with Crippen LogP contribution < -0.4 is 0 Å². The third-order valence-electron chi connectivity index (χ3n) is 3.55. The molecule has 1 aliphatic rings. The van der Waals surface area contributed by atoms with Crippen molar-refractivity contribution in [2.45, 2.75) is 45.2 Å². The number of nitrogens with zero attached hydrogens (tertiary/aromatic N) is 3. The van der Waals surface area contributed by atoms with Crippen molar-refractivity contribution in [2.75, 3.05) is 13.6 Å². The number of aryl methyl sites for hydroxylation is 2. The molecular weight excluding hydrogens is 186 g/mol. The van der Waals surface area contributed by atoms with Crippen molar-refractivity contribution in [2.24, 2.45) is 0 Å². The lowest BCUT2D eigenvalue weighted by molar-refractivity contribution is 0.171. The highest BCUT2D eigenvalue weighted by Gasteiger charge is 2.18. The van der Waals surface area contributed by atoms with Gasteiger partial charge in [-0.3, -0.25) is 0 Å². The van der Waals surface area contributed by atoms with E-state index in [2.05, 4.69) is 34.6 Å². The molecule has 0 N–H and O–H groups in total. The molecule has 1 aromatic heterocycles. The zero-order valence-electron chi connectivity index (χ0n) is 9.82. The fourth-order valence-electron chi connectivity index (χ4n) is 2.44. The van der Waals surface area contributed by atoms with Gasteiger partial charge in [0.25, 0.3) is 0 Å². The smallest absolute Gasteiger partial charge is 0.105 e. The summed E-state index contributed by atoms with van der Waals surface area (Å²) in [5.74, 6) is 1.13. The second-order valence-corrected chi connectivity index (χ2v) is 4.59. The third-order valence-corrected chi connectivity index (χ3v) is 3.55. The summed E-state index contributed by atoms with van der Waals surface area (Å²) in [6.07, 6.45) is 9.37. The van der Waals surface area contributed by atoms with Crippen molar-refractivity contribution in [3.05, 3.63) is 18.2 Å². The Balaban J connectivity index is 1.84. The number of rotatable bonds is 3. The van der Waals surface area contributed by atoms with E-state index in [-0.39, 0.29) is 0 Å². The molecule has 0 aromatic carbocycles. The standard InChI is InChI=1S/C12H21N3/c1-11-13-7-10-15(11)9-6-12-5-3-4-8-14(12)2/h7,10,12H,3-6,8-9H2,1-2H3. The number of hydrogen-bond donors (Lipinski definition) is 0. The zero-order chi connectivity index (χ0) is 10.7. The molecule has 1 fully saturated rings. The normalized spacial score (nSPS) is 23.2. The highest BCUT2D eigenvalue weighted by atomic mass is 15.1. The maximum Gasteiger partial charge on any atom is 0.105 e. The van der Waals surface area contributed by atoms with Crippen LogP contribution in [0.1, 0.15) is 31.5 Å². The molecule has 2 heterocycles. The van der Waals surface area contributed by atoms with Crippen molar-refractivity contribution >= 4 is 0 Å². The molecule has 2 rings (SSSR count). The van der Waals surface area contributed by atoms with Crippen molar-refractivity contribution in [3.8, 4) is 0 Å². The zero-order valence-corrected chi connectivity index (χ0v) is 9.82. The van der Waals surface area contributed by atoms with Gasteiger partial charge in [0.1, 0.15) is 5.82 Å². The molecule has 0 radical (unpaired) electrons. The predicted molar refractivity (Wildman–Crippen MR) is 61.9 cm³/mol. The van der Waals surface area contributed by atoms with Gasteiger partial charge in [-0.25, -0.2) is 4.98 Å². The summed E-state index contributed by atoms with van der Waals surface area (Å²) >= 11 is 0. The van der Waals surface area contributed by atoms with E-state index >= 15 is 0 Å². The van der Waals surface area contributed by atoms with Crippen molar-refractivity contribution in [1.82, 2.24) is 14.5 Å². The number of hydrogen-bond acceptors (Lipinski definition) is 2. The summed E-state index contributed by atoms with van der Waals surface area (Å²) in [7, 11) is 2.25. The van der Waals surface area contributed by atoms with Crippen LogP contribution in [0.5, 0.6) is 0 Å². The van der Waals surface area contributed by atoms with Crippen LogP contribution in [0.3, 0.4) is 0 Å². The molecule has 0 saturated carbocycles. The number of piperidine rings is 1. The van der Waals surface area contributed by atoms with Crippen molar-refractivity contribution in [3.63, 3.8) is 0 Å². The van der Waals surface area contributed by atoms with Crippen molar-refractivity contribution < 1.29 is 0 Å². The molecule has 84 valence electrons. The first kappa shape index (κ1) is 10.7. The maximum atomic E-state index is 4.25. The Kier molecular flexibility index (Phi) is 3.41. The van der Waals surface area contributed by atoms with E-state index in [0.29, 0.717) is 0 Å². The molecule has 0 bridgehead atoms. The van der Waals surface area contributed by atoms with E-state index in [4.69, 9.17) is 0 Å². The molecule has 1 saturated heterocycles. The summed E-state index contributed by atoms with van der Waals surface area (Å²) in [6, 6.07) is 0.778. The van der Waals surface area contributed by atoms with E-state index in [1.165, 1.54) is 32.2 Å². The largest absolute Gasteiger partial charge is 0.335 e. The fraction of sp³-hybridized carbons (Fsp3) is 0.750. The van der Waals surface area contributed by atoms with E-state index in [1.807, 2.05) is 6.20 Å². The van der Waals surface area contributed by atoms with Crippen LogP contribution in [0.25, 0.3) is 0 Å². The lowest BCUT2D eigenvalue weighted by Gasteiger charge is -2.32. The van der Waals surface area contributed by atoms with Gasteiger partial charge in [-0.05, 0) is 39.8 Å². The SMILES string of the molecule is Cc1nccn1CCC1CCCCN1C. The molecule has 0 amide bonds. The summed E-state index contributed by atoms with van der Waals surface area (Å²) in [6.45, 7) is 4.46. The first-order valence-electron chi connectivity index (χ1n) is 5.95. The predicted octanol–water partition coefficient (Wildman–Crippen LogP) is 2.07. The van der Waals surface area contributed by atoms with Gasteiger partial charge in [-0.15, -0.1) is 0 Å². The number of likely N-dealkylation sites (tertiary alicyclic amines) is 1. The molecule has 3 nitrogen and oxygen atoms in total. The van der Waals surface area contributed by atoms with Gasteiger partial charge in [0, 0.05) is 25.0 Å². The minimum Gasteiger partial charge on any atom is -0.335 e. The number of imidazole rings is 1. The van der Waals surface area contributed by atoms with E-state index in [0.717, 1.165) is 18.4 Å². The monoisotopic (exact) mass is 207 g/mol. The minimum atomic E-state index is 0.778. The molecule has 1 atom stereocenters. The van der Waals surface area contributed by atoms with Crippen LogP contribution in [0.4, 0.5) is 0 Å². The summed E-state index contributed by atoms with van der Waals surface area (Å²) in [5.41, 5.74) is 0. The Morgan fingerprint density at radius 1 is 1.47 bits per heavy atom. The van der Waals surface area contributed by atoms with Crippen molar-refractivity contribution in [1.29, 1.82) is 0 Å². The fourth-order valence-corrected chi connectivity index (χ4v) is 2.44. The molecule has 15 heavy (non-hydrogen) atoms. The molecule has 0 aliphatic carbocycles. The molecule has 1 aromatic rings. The highest BCUT2D eigenvalue weighted by molar-refractivity contribution is 4.89. The Bertz CT molecular complexity index is 306. The minimum absolute atomic E-state index is 0.778. The lowest BCUT2D eigenvalue weighted by atomic mass is 10.0.